The van der Waals surface area contributed by atoms with Crippen LogP contribution in [0, 0.1) is 10.1 Å². The van der Waals surface area contributed by atoms with Crippen molar-refractivity contribution in [2.45, 2.75) is 6.92 Å². The number of nitro benzene ring substituents is 1. The highest BCUT2D eigenvalue weighted by Crippen LogP contribution is 2.33. The molecule has 2 aromatic rings. The summed E-state index contributed by atoms with van der Waals surface area (Å²) in [5.74, 6) is -1.26. The fraction of sp³-hybridized carbons (Fsp3) is 0.176. The zero-order valence-electron chi connectivity index (χ0n) is 13.1. The fourth-order valence-electron chi connectivity index (χ4n) is 2.25. The third kappa shape index (κ3) is 3.40. The lowest BCUT2D eigenvalue weighted by Crippen LogP contribution is -2.07. The maximum Gasteiger partial charge on any atom is 0.344 e. The number of hydrogen-bond acceptors (Lipinski definition) is 6. The van der Waals surface area contributed by atoms with Crippen molar-refractivity contribution < 1.29 is 24.0 Å². The van der Waals surface area contributed by atoms with E-state index in [-0.39, 0.29) is 23.4 Å². The normalized spacial score (nSPS) is 10.1. The highest BCUT2D eigenvalue weighted by atomic mass is 16.6. The van der Waals surface area contributed by atoms with Crippen molar-refractivity contribution in [3.63, 3.8) is 0 Å². The summed E-state index contributed by atoms with van der Waals surface area (Å²) in [4.78, 5) is 34.2. The maximum absolute atomic E-state index is 11.7. The van der Waals surface area contributed by atoms with Gasteiger partial charge in [-0.2, -0.15) is 0 Å². The zero-order chi connectivity index (χ0) is 17.7. The van der Waals surface area contributed by atoms with Crippen LogP contribution in [0.5, 0.6) is 0 Å². The van der Waals surface area contributed by atoms with Gasteiger partial charge in [-0.3, -0.25) is 10.1 Å². The van der Waals surface area contributed by atoms with Crippen molar-refractivity contribution in [2.24, 2.45) is 0 Å². The second kappa shape index (κ2) is 7.36. The number of para-hydroxylation sites is 1. The van der Waals surface area contributed by atoms with Crippen LogP contribution in [0.4, 0.5) is 5.69 Å². The van der Waals surface area contributed by atoms with Crippen LogP contribution in [0.2, 0.25) is 0 Å². The third-order valence-corrected chi connectivity index (χ3v) is 3.33. The molecule has 0 spiro atoms. The van der Waals surface area contributed by atoms with Gasteiger partial charge in [0.15, 0.2) is 0 Å². The minimum Gasteiger partial charge on any atom is -0.465 e. The van der Waals surface area contributed by atoms with Gasteiger partial charge in [-0.1, -0.05) is 18.2 Å². The first-order valence-corrected chi connectivity index (χ1v) is 7.12. The second-order valence-electron chi connectivity index (χ2n) is 4.75. The van der Waals surface area contributed by atoms with Crippen LogP contribution in [0.15, 0.2) is 42.5 Å². The van der Waals surface area contributed by atoms with Crippen LogP contribution in [0.1, 0.15) is 27.6 Å². The molecule has 0 aliphatic heterocycles. The lowest BCUT2D eigenvalue weighted by molar-refractivity contribution is -0.384. The molecule has 2 aromatic carbocycles. The fourth-order valence-corrected chi connectivity index (χ4v) is 2.25. The first kappa shape index (κ1) is 17.1. The Labute approximate surface area is 138 Å². The van der Waals surface area contributed by atoms with Gasteiger partial charge in [0.05, 0.1) is 29.8 Å². The molecule has 0 saturated heterocycles. The van der Waals surface area contributed by atoms with Crippen molar-refractivity contribution in [1.82, 2.24) is 0 Å². The van der Waals surface area contributed by atoms with Crippen molar-refractivity contribution in [2.75, 3.05) is 13.7 Å². The molecule has 0 saturated carbocycles. The van der Waals surface area contributed by atoms with E-state index in [1.54, 1.807) is 19.1 Å². The molecule has 2 rings (SSSR count). The largest absolute Gasteiger partial charge is 0.465 e. The highest BCUT2D eigenvalue weighted by Gasteiger charge is 2.25. The van der Waals surface area contributed by atoms with E-state index < -0.39 is 16.9 Å². The summed E-state index contributed by atoms with van der Waals surface area (Å²) in [6.45, 7) is 1.96. The van der Waals surface area contributed by atoms with Gasteiger partial charge in [-0.25, -0.2) is 9.59 Å². The molecule has 0 heterocycles. The molecule has 7 nitrogen and oxygen atoms in total. The number of carbonyl (C=O) groups excluding carboxylic acids is 2. The average Bonchev–Trinajstić information content (AvgIpc) is 2.60. The molecule has 24 heavy (non-hydrogen) atoms. The first-order chi connectivity index (χ1) is 11.5. The Kier molecular flexibility index (Phi) is 5.26. The summed E-state index contributed by atoms with van der Waals surface area (Å²) in [6, 6.07) is 10.6. The molecule has 0 N–H and O–H groups in total. The number of hydrogen-bond donors (Lipinski definition) is 0. The molecule has 0 bridgehead atoms. The Morgan fingerprint density at radius 3 is 2.29 bits per heavy atom. The van der Waals surface area contributed by atoms with Crippen LogP contribution in [-0.4, -0.2) is 30.6 Å². The monoisotopic (exact) mass is 329 g/mol. The second-order valence-corrected chi connectivity index (χ2v) is 4.75. The number of ether oxygens (including phenoxy) is 2. The number of methoxy groups -OCH3 is 1. The number of carbonyl (C=O) groups is 2. The Balaban J connectivity index is 2.50. The van der Waals surface area contributed by atoms with Crippen LogP contribution < -0.4 is 0 Å². The quantitative estimate of drug-likeness (QED) is 0.475. The van der Waals surface area contributed by atoms with Gasteiger partial charge in [0.1, 0.15) is 5.56 Å². The van der Waals surface area contributed by atoms with Crippen molar-refractivity contribution in [1.29, 1.82) is 0 Å². The van der Waals surface area contributed by atoms with Crippen LogP contribution in [0.25, 0.3) is 11.1 Å². The molecule has 124 valence electrons. The molecule has 0 aliphatic rings. The van der Waals surface area contributed by atoms with E-state index in [0.29, 0.717) is 11.1 Å². The number of rotatable bonds is 5. The Morgan fingerprint density at radius 2 is 1.75 bits per heavy atom. The zero-order valence-corrected chi connectivity index (χ0v) is 13.1. The van der Waals surface area contributed by atoms with Crippen molar-refractivity contribution >= 4 is 17.6 Å². The summed E-state index contributed by atoms with van der Waals surface area (Å²) in [7, 11) is 1.16. The van der Waals surface area contributed by atoms with Gasteiger partial charge in [0, 0.05) is 0 Å². The number of nitrogens with zero attached hydrogens (tertiary/aromatic N) is 1. The summed E-state index contributed by atoms with van der Waals surface area (Å²) < 4.78 is 9.48. The van der Waals surface area contributed by atoms with Crippen LogP contribution in [0.3, 0.4) is 0 Å². The smallest absolute Gasteiger partial charge is 0.344 e. The Hall–Kier alpha value is -3.22. The SMILES string of the molecule is CCOC(=O)c1ccc(-c2cccc(C(=O)OC)c2[N+](=O)[O-])cc1. The molecular weight excluding hydrogens is 314 g/mol. The number of esters is 2. The van der Waals surface area contributed by atoms with E-state index in [1.165, 1.54) is 30.3 Å². The molecule has 7 heteroatoms. The summed E-state index contributed by atoms with van der Waals surface area (Å²) >= 11 is 0. The van der Waals surface area contributed by atoms with Crippen molar-refractivity contribution in [3.05, 3.63) is 63.7 Å². The average molecular weight is 329 g/mol. The van der Waals surface area contributed by atoms with Gasteiger partial charge < -0.3 is 9.47 Å². The van der Waals surface area contributed by atoms with E-state index in [1.807, 2.05) is 0 Å². The van der Waals surface area contributed by atoms with Gasteiger partial charge >= 0.3 is 11.9 Å². The van der Waals surface area contributed by atoms with E-state index in [4.69, 9.17) is 4.74 Å². The first-order valence-electron chi connectivity index (χ1n) is 7.12. The molecule has 0 aromatic heterocycles. The molecule has 0 amide bonds. The van der Waals surface area contributed by atoms with Crippen LogP contribution >= 0.6 is 0 Å². The van der Waals surface area contributed by atoms with Gasteiger partial charge in [-0.15, -0.1) is 0 Å². The predicted molar refractivity (Wildman–Crippen MR) is 85.8 cm³/mol. The van der Waals surface area contributed by atoms with E-state index in [0.717, 1.165) is 7.11 Å². The number of benzene rings is 2. The maximum atomic E-state index is 11.7. The van der Waals surface area contributed by atoms with Gasteiger partial charge in [0.25, 0.3) is 5.69 Å². The topological polar surface area (TPSA) is 95.7 Å². The Bertz CT molecular complexity index is 782. The molecule has 0 radical (unpaired) electrons. The Morgan fingerprint density at radius 1 is 1.08 bits per heavy atom. The lowest BCUT2D eigenvalue weighted by Gasteiger charge is -2.08. The van der Waals surface area contributed by atoms with E-state index in [2.05, 4.69) is 4.74 Å². The summed E-state index contributed by atoms with van der Waals surface area (Å²) in [5.41, 5.74) is 0.633. The van der Waals surface area contributed by atoms with E-state index in [9.17, 15) is 19.7 Å². The molecule has 0 atom stereocenters. The predicted octanol–water partition coefficient (Wildman–Crippen LogP) is 3.23. The molecule has 0 aliphatic carbocycles. The minimum atomic E-state index is -0.785. The van der Waals surface area contributed by atoms with Crippen molar-refractivity contribution in [3.8, 4) is 11.1 Å². The molecule has 0 fully saturated rings. The van der Waals surface area contributed by atoms with E-state index >= 15 is 0 Å². The summed E-state index contributed by atoms with van der Waals surface area (Å²) in [6.07, 6.45) is 0. The van der Waals surface area contributed by atoms with Gasteiger partial charge in [-0.05, 0) is 36.8 Å². The summed E-state index contributed by atoms with van der Waals surface area (Å²) in [5, 5.41) is 11.4. The lowest BCUT2D eigenvalue weighted by atomic mass is 9.99. The standard InChI is InChI=1S/C17H15NO6/c1-3-24-16(19)12-9-7-11(8-10-12)13-5-4-6-14(17(20)23-2)15(13)18(21)22/h4-10H,3H2,1-2H3. The van der Waals surface area contributed by atoms with Gasteiger partial charge in [0.2, 0.25) is 0 Å². The molecular formula is C17H15NO6. The number of nitro groups is 1. The van der Waals surface area contributed by atoms with Crippen LogP contribution in [-0.2, 0) is 9.47 Å². The highest BCUT2D eigenvalue weighted by molar-refractivity contribution is 5.98. The third-order valence-electron chi connectivity index (χ3n) is 3.33. The minimum absolute atomic E-state index is 0.130. The molecule has 0 unspecified atom stereocenters.